The Kier molecular flexibility index (Phi) is 4.63. The highest BCUT2D eigenvalue weighted by molar-refractivity contribution is 5.92. The summed E-state index contributed by atoms with van der Waals surface area (Å²) >= 11 is 0. The van der Waals surface area contributed by atoms with E-state index in [9.17, 15) is 9.90 Å². The molecule has 0 radical (unpaired) electrons. The van der Waals surface area contributed by atoms with Crippen molar-refractivity contribution in [1.82, 2.24) is 5.32 Å². The Hall–Kier alpha value is -1.75. The minimum Gasteiger partial charge on any atom is -0.493 e. The molecule has 5 nitrogen and oxygen atoms in total. The fourth-order valence-corrected chi connectivity index (χ4v) is 2.24. The molecule has 0 atom stereocenters. The van der Waals surface area contributed by atoms with E-state index in [-0.39, 0.29) is 5.56 Å². The molecule has 1 aliphatic heterocycles. The molecule has 19 heavy (non-hydrogen) atoms. The van der Waals surface area contributed by atoms with Crippen LogP contribution in [0, 0.1) is 5.92 Å². The van der Waals surface area contributed by atoms with Crippen molar-refractivity contribution in [2.45, 2.75) is 12.8 Å². The molecule has 2 N–H and O–H groups in total. The SMILES string of the molecule is COc1cccc(C(=O)O)c1OCC1CCNCC1. The topological polar surface area (TPSA) is 67.8 Å². The molecular formula is C14H19NO4. The Morgan fingerprint density at radius 2 is 2.16 bits per heavy atom. The van der Waals surface area contributed by atoms with Crippen molar-refractivity contribution < 1.29 is 19.4 Å². The number of carboxylic acid groups (broad SMARTS) is 1. The summed E-state index contributed by atoms with van der Waals surface area (Å²) in [4.78, 5) is 11.2. The van der Waals surface area contributed by atoms with E-state index in [0.29, 0.717) is 24.0 Å². The van der Waals surface area contributed by atoms with Gasteiger partial charge in [0.2, 0.25) is 0 Å². The number of piperidine rings is 1. The first kappa shape index (κ1) is 13.7. The number of benzene rings is 1. The Bertz CT molecular complexity index is 441. The molecule has 1 aromatic carbocycles. The third-order valence-electron chi connectivity index (χ3n) is 3.35. The van der Waals surface area contributed by atoms with Crippen molar-refractivity contribution in [3.05, 3.63) is 23.8 Å². The van der Waals surface area contributed by atoms with Gasteiger partial charge in [0.1, 0.15) is 5.56 Å². The third kappa shape index (κ3) is 3.38. The van der Waals surface area contributed by atoms with Crippen LogP contribution in [0.25, 0.3) is 0 Å². The van der Waals surface area contributed by atoms with Gasteiger partial charge in [0.15, 0.2) is 11.5 Å². The quantitative estimate of drug-likeness (QED) is 0.849. The van der Waals surface area contributed by atoms with Gasteiger partial charge in [-0.2, -0.15) is 0 Å². The van der Waals surface area contributed by atoms with E-state index in [0.717, 1.165) is 25.9 Å². The van der Waals surface area contributed by atoms with Crippen LogP contribution < -0.4 is 14.8 Å². The predicted molar refractivity (Wildman–Crippen MR) is 71.0 cm³/mol. The first-order valence-electron chi connectivity index (χ1n) is 6.46. The molecule has 2 rings (SSSR count). The fourth-order valence-electron chi connectivity index (χ4n) is 2.24. The summed E-state index contributed by atoms with van der Waals surface area (Å²) in [7, 11) is 1.51. The second kappa shape index (κ2) is 6.43. The molecule has 1 fully saturated rings. The number of ether oxygens (including phenoxy) is 2. The molecular weight excluding hydrogens is 246 g/mol. The monoisotopic (exact) mass is 265 g/mol. The second-order valence-corrected chi connectivity index (χ2v) is 4.65. The van der Waals surface area contributed by atoms with Crippen LogP contribution in [0.5, 0.6) is 11.5 Å². The van der Waals surface area contributed by atoms with Gasteiger partial charge < -0.3 is 19.9 Å². The van der Waals surface area contributed by atoms with Crippen molar-refractivity contribution in [3.8, 4) is 11.5 Å². The summed E-state index contributed by atoms with van der Waals surface area (Å²) in [5.74, 6) is 0.261. The first-order chi connectivity index (χ1) is 9.22. The molecule has 1 aromatic rings. The summed E-state index contributed by atoms with van der Waals surface area (Å²) in [5.41, 5.74) is 0.147. The zero-order valence-electron chi connectivity index (χ0n) is 11.0. The fraction of sp³-hybridized carbons (Fsp3) is 0.500. The van der Waals surface area contributed by atoms with Crippen LogP contribution in [0.3, 0.4) is 0 Å². The highest BCUT2D eigenvalue weighted by Crippen LogP contribution is 2.32. The smallest absolute Gasteiger partial charge is 0.339 e. The summed E-state index contributed by atoms with van der Waals surface area (Å²) in [6.07, 6.45) is 2.11. The molecule has 104 valence electrons. The molecule has 0 unspecified atom stereocenters. The summed E-state index contributed by atoms with van der Waals surface area (Å²) in [5, 5.41) is 12.5. The van der Waals surface area contributed by atoms with Crippen molar-refractivity contribution in [1.29, 1.82) is 0 Å². The van der Waals surface area contributed by atoms with Crippen molar-refractivity contribution in [3.63, 3.8) is 0 Å². The summed E-state index contributed by atoms with van der Waals surface area (Å²) < 4.78 is 10.9. The van der Waals surface area contributed by atoms with E-state index in [2.05, 4.69) is 5.32 Å². The third-order valence-corrected chi connectivity index (χ3v) is 3.35. The minimum atomic E-state index is -1.00. The predicted octanol–water partition coefficient (Wildman–Crippen LogP) is 1.77. The number of rotatable bonds is 5. The lowest BCUT2D eigenvalue weighted by atomic mass is 9.99. The van der Waals surface area contributed by atoms with Gasteiger partial charge in [-0.3, -0.25) is 0 Å². The van der Waals surface area contributed by atoms with Crippen LogP contribution in [0.2, 0.25) is 0 Å². The lowest BCUT2D eigenvalue weighted by molar-refractivity contribution is 0.0689. The van der Waals surface area contributed by atoms with Gasteiger partial charge in [0.25, 0.3) is 0 Å². The number of hydrogen-bond donors (Lipinski definition) is 2. The molecule has 0 aromatic heterocycles. The average molecular weight is 265 g/mol. The van der Waals surface area contributed by atoms with Gasteiger partial charge in [-0.15, -0.1) is 0 Å². The maximum atomic E-state index is 11.2. The van der Waals surface area contributed by atoms with Crippen LogP contribution in [-0.4, -0.2) is 37.9 Å². The molecule has 1 heterocycles. The normalized spacial score (nSPS) is 16.1. The van der Waals surface area contributed by atoms with Gasteiger partial charge in [0, 0.05) is 0 Å². The van der Waals surface area contributed by atoms with Gasteiger partial charge in [-0.25, -0.2) is 4.79 Å². The van der Waals surface area contributed by atoms with Gasteiger partial charge in [-0.1, -0.05) is 6.07 Å². The summed E-state index contributed by atoms with van der Waals surface area (Å²) in [6.45, 7) is 2.51. The molecule has 1 aliphatic rings. The number of hydrogen-bond acceptors (Lipinski definition) is 4. The van der Waals surface area contributed by atoms with Gasteiger partial charge in [-0.05, 0) is 44.0 Å². The number of aromatic carboxylic acids is 1. The molecule has 0 bridgehead atoms. The van der Waals surface area contributed by atoms with Crippen molar-refractivity contribution >= 4 is 5.97 Å². The number of nitrogens with one attached hydrogen (secondary N) is 1. The number of carboxylic acids is 1. The van der Waals surface area contributed by atoms with Crippen LogP contribution in [0.1, 0.15) is 23.2 Å². The van der Waals surface area contributed by atoms with Crippen molar-refractivity contribution in [2.75, 3.05) is 26.8 Å². The highest BCUT2D eigenvalue weighted by Gasteiger charge is 2.19. The highest BCUT2D eigenvalue weighted by atomic mass is 16.5. The molecule has 0 saturated carbocycles. The van der Waals surface area contributed by atoms with Crippen molar-refractivity contribution in [2.24, 2.45) is 5.92 Å². The van der Waals surface area contributed by atoms with E-state index < -0.39 is 5.97 Å². The van der Waals surface area contributed by atoms with Gasteiger partial charge >= 0.3 is 5.97 Å². The van der Waals surface area contributed by atoms with E-state index in [1.54, 1.807) is 12.1 Å². The van der Waals surface area contributed by atoms with E-state index in [1.165, 1.54) is 13.2 Å². The first-order valence-corrected chi connectivity index (χ1v) is 6.46. The Morgan fingerprint density at radius 1 is 1.42 bits per heavy atom. The van der Waals surface area contributed by atoms with E-state index in [4.69, 9.17) is 9.47 Å². The lowest BCUT2D eigenvalue weighted by Gasteiger charge is -2.23. The van der Waals surface area contributed by atoms with E-state index >= 15 is 0 Å². The van der Waals surface area contributed by atoms with Crippen LogP contribution in [0.4, 0.5) is 0 Å². The van der Waals surface area contributed by atoms with Crippen LogP contribution >= 0.6 is 0 Å². The standard InChI is InChI=1S/C14H19NO4/c1-18-12-4-2-3-11(14(16)17)13(12)19-9-10-5-7-15-8-6-10/h2-4,10,15H,5-9H2,1H3,(H,16,17). The average Bonchev–Trinajstić information content (AvgIpc) is 2.45. The molecule has 1 saturated heterocycles. The van der Waals surface area contributed by atoms with E-state index in [1.807, 2.05) is 0 Å². The molecule has 0 aliphatic carbocycles. The van der Waals surface area contributed by atoms with Crippen LogP contribution in [-0.2, 0) is 0 Å². The largest absolute Gasteiger partial charge is 0.493 e. The number of para-hydroxylation sites is 1. The Balaban J connectivity index is 2.10. The molecule has 0 amide bonds. The lowest BCUT2D eigenvalue weighted by Crippen LogP contribution is -2.30. The zero-order chi connectivity index (χ0) is 13.7. The minimum absolute atomic E-state index is 0.147. The number of methoxy groups -OCH3 is 1. The Morgan fingerprint density at radius 3 is 2.79 bits per heavy atom. The van der Waals surface area contributed by atoms with Crippen LogP contribution in [0.15, 0.2) is 18.2 Å². The molecule has 5 heteroatoms. The number of carbonyl (C=O) groups is 1. The van der Waals surface area contributed by atoms with Gasteiger partial charge in [0.05, 0.1) is 13.7 Å². The second-order valence-electron chi connectivity index (χ2n) is 4.65. The zero-order valence-corrected chi connectivity index (χ0v) is 11.0. The maximum Gasteiger partial charge on any atom is 0.339 e. The molecule has 0 spiro atoms. The summed E-state index contributed by atoms with van der Waals surface area (Å²) in [6, 6.07) is 4.90. The Labute approximate surface area is 112 Å². The maximum absolute atomic E-state index is 11.2.